The van der Waals surface area contributed by atoms with Gasteiger partial charge in [0.05, 0.1) is 0 Å². The number of rotatable bonds is 46. The van der Waals surface area contributed by atoms with Crippen LogP contribution in [-0.2, 0) is 28.6 Å². The number of allylic oxidation sites excluding steroid dienone is 12. The van der Waals surface area contributed by atoms with Crippen molar-refractivity contribution in [2.75, 3.05) is 13.2 Å². The van der Waals surface area contributed by atoms with Gasteiger partial charge in [-0.25, -0.2) is 0 Å². The zero-order valence-corrected chi connectivity index (χ0v) is 40.6. The second-order valence-corrected chi connectivity index (χ2v) is 17.1. The average Bonchev–Trinajstić information content (AvgIpc) is 3.27. The van der Waals surface area contributed by atoms with Crippen LogP contribution in [0.3, 0.4) is 0 Å². The van der Waals surface area contributed by atoms with Crippen molar-refractivity contribution in [3.63, 3.8) is 0 Å². The molecule has 0 bridgehead atoms. The van der Waals surface area contributed by atoms with Crippen LogP contribution in [0.5, 0.6) is 0 Å². The lowest BCUT2D eigenvalue weighted by molar-refractivity contribution is -0.167. The fourth-order valence-corrected chi connectivity index (χ4v) is 6.98. The SMILES string of the molecule is CCCC/C=C/C/C=C/CCCCCCCC(=O)O[C@@H](COC(=O)CCC/C=C/C/C=C/C/C=C/C/C=C/CCCCC)COC(=O)CCCCCCCCCCCCCCC. The molecule has 0 spiro atoms. The largest absolute Gasteiger partial charge is 0.462 e. The summed E-state index contributed by atoms with van der Waals surface area (Å²) in [6.07, 6.45) is 63.1. The molecular formula is C56H96O6. The summed E-state index contributed by atoms with van der Waals surface area (Å²) >= 11 is 0. The highest BCUT2D eigenvalue weighted by Crippen LogP contribution is 2.14. The van der Waals surface area contributed by atoms with Crippen LogP contribution in [0.4, 0.5) is 0 Å². The molecule has 62 heavy (non-hydrogen) atoms. The summed E-state index contributed by atoms with van der Waals surface area (Å²) in [7, 11) is 0. The molecule has 0 aliphatic rings. The summed E-state index contributed by atoms with van der Waals surface area (Å²) in [5.74, 6) is -0.967. The lowest BCUT2D eigenvalue weighted by Crippen LogP contribution is -2.30. The molecule has 6 heteroatoms. The lowest BCUT2D eigenvalue weighted by atomic mass is 10.0. The highest BCUT2D eigenvalue weighted by Gasteiger charge is 2.19. The maximum atomic E-state index is 12.8. The molecule has 0 aromatic carbocycles. The molecule has 0 unspecified atom stereocenters. The number of carbonyl (C=O) groups excluding carboxylic acids is 3. The Morgan fingerprint density at radius 1 is 0.323 bits per heavy atom. The summed E-state index contributed by atoms with van der Waals surface area (Å²) in [4.78, 5) is 37.9. The van der Waals surface area contributed by atoms with Crippen LogP contribution in [0, 0.1) is 0 Å². The number of esters is 3. The summed E-state index contributed by atoms with van der Waals surface area (Å²) in [6, 6.07) is 0. The number of hydrogen-bond acceptors (Lipinski definition) is 6. The van der Waals surface area contributed by atoms with E-state index in [1.807, 2.05) is 0 Å². The molecule has 1 atom stereocenters. The zero-order chi connectivity index (χ0) is 45.1. The number of unbranched alkanes of at least 4 members (excludes halogenated alkanes) is 23. The lowest BCUT2D eigenvalue weighted by Gasteiger charge is -2.18. The van der Waals surface area contributed by atoms with Gasteiger partial charge in [-0.2, -0.15) is 0 Å². The molecule has 0 radical (unpaired) electrons. The molecule has 0 amide bonds. The molecule has 0 rings (SSSR count). The van der Waals surface area contributed by atoms with E-state index in [4.69, 9.17) is 14.2 Å². The van der Waals surface area contributed by atoms with E-state index >= 15 is 0 Å². The van der Waals surface area contributed by atoms with Gasteiger partial charge >= 0.3 is 17.9 Å². The maximum Gasteiger partial charge on any atom is 0.306 e. The summed E-state index contributed by atoms with van der Waals surface area (Å²) in [5.41, 5.74) is 0. The van der Waals surface area contributed by atoms with E-state index in [1.165, 1.54) is 109 Å². The van der Waals surface area contributed by atoms with Gasteiger partial charge in [0.25, 0.3) is 0 Å². The Labute approximate surface area is 382 Å². The molecule has 6 nitrogen and oxygen atoms in total. The molecule has 0 fully saturated rings. The minimum Gasteiger partial charge on any atom is -0.462 e. The first-order valence-electron chi connectivity index (χ1n) is 25.9. The third-order valence-corrected chi connectivity index (χ3v) is 10.9. The van der Waals surface area contributed by atoms with Gasteiger partial charge in [0.15, 0.2) is 6.10 Å². The van der Waals surface area contributed by atoms with Gasteiger partial charge < -0.3 is 14.2 Å². The van der Waals surface area contributed by atoms with Crippen molar-refractivity contribution < 1.29 is 28.6 Å². The predicted molar refractivity (Wildman–Crippen MR) is 265 cm³/mol. The quantitative estimate of drug-likeness (QED) is 0.0262. The van der Waals surface area contributed by atoms with E-state index in [9.17, 15) is 14.4 Å². The van der Waals surface area contributed by atoms with E-state index in [0.717, 1.165) is 89.9 Å². The highest BCUT2D eigenvalue weighted by atomic mass is 16.6. The van der Waals surface area contributed by atoms with Gasteiger partial charge in [-0.05, 0) is 83.5 Å². The Morgan fingerprint density at radius 2 is 0.613 bits per heavy atom. The zero-order valence-electron chi connectivity index (χ0n) is 40.6. The van der Waals surface area contributed by atoms with Gasteiger partial charge in [-0.3, -0.25) is 14.4 Å². The molecule has 0 N–H and O–H groups in total. The van der Waals surface area contributed by atoms with Crippen LogP contribution >= 0.6 is 0 Å². The van der Waals surface area contributed by atoms with Crippen LogP contribution in [0.15, 0.2) is 72.9 Å². The highest BCUT2D eigenvalue weighted by molar-refractivity contribution is 5.71. The van der Waals surface area contributed by atoms with E-state index in [-0.39, 0.29) is 37.5 Å². The van der Waals surface area contributed by atoms with E-state index < -0.39 is 6.10 Å². The van der Waals surface area contributed by atoms with E-state index in [0.29, 0.717) is 19.3 Å². The van der Waals surface area contributed by atoms with Gasteiger partial charge in [0.2, 0.25) is 0 Å². The van der Waals surface area contributed by atoms with Crippen LogP contribution in [0.1, 0.15) is 245 Å². The Kier molecular flexibility index (Phi) is 47.9. The molecule has 0 aromatic heterocycles. The van der Waals surface area contributed by atoms with Gasteiger partial charge in [-0.1, -0.05) is 216 Å². The monoisotopic (exact) mass is 865 g/mol. The molecule has 0 aliphatic carbocycles. The Balaban J connectivity index is 4.48. The number of carbonyl (C=O) groups is 3. The minimum absolute atomic E-state index is 0.0967. The molecule has 0 heterocycles. The van der Waals surface area contributed by atoms with Crippen molar-refractivity contribution in [1.82, 2.24) is 0 Å². The van der Waals surface area contributed by atoms with Crippen molar-refractivity contribution in [1.29, 1.82) is 0 Å². The number of hydrogen-bond donors (Lipinski definition) is 0. The smallest absolute Gasteiger partial charge is 0.306 e. The first-order chi connectivity index (χ1) is 30.5. The second kappa shape index (κ2) is 50.5. The third kappa shape index (κ3) is 47.9. The minimum atomic E-state index is -0.802. The average molecular weight is 865 g/mol. The third-order valence-electron chi connectivity index (χ3n) is 10.9. The fraction of sp³-hybridized carbons (Fsp3) is 0.732. The Bertz CT molecular complexity index is 1180. The predicted octanol–water partition coefficient (Wildman–Crippen LogP) is 17.0. The van der Waals surface area contributed by atoms with Crippen LogP contribution in [0.25, 0.3) is 0 Å². The fourth-order valence-electron chi connectivity index (χ4n) is 6.98. The van der Waals surface area contributed by atoms with Crippen molar-refractivity contribution in [2.45, 2.75) is 252 Å². The van der Waals surface area contributed by atoms with Gasteiger partial charge in [-0.15, -0.1) is 0 Å². The first-order valence-corrected chi connectivity index (χ1v) is 25.9. The Morgan fingerprint density at radius 3 is 1.05 bits per heavy atom. The number of ether oxygens (including phenoxy) is 3. The van der Waals surface area contributed by atoms with E-state index in [2.05, 4.69) is 93.7 Å². The molecule has 0 saturated carbocycles. The molecule has 0 aromatic rings. The van der Waals surface area contributed by atoms with Crippen molar-refractivity contribution in [3.8, 4) is 0 Å². The van der Waals surface area contributed by atoms with Crippen molar-refractivity contribution in [3.05, 3.63) is 72.9 Å². The standard InChI is InChI=1S/C56H96O6/c1-4-7-10-13-16-19-22-25-27-28-29-32-34-37-40-43-46-49-55(58)61-52-53(51-60-54(57)48-45-42-39-36-33-30-24-21-18-15-12-9-6-3)62-56(59)50-47-44-41-38-35-31-26-23-20-17-14-11-8-5-2/h14,16-17,19,23,25-27,29,32,37,40,53H,4-13,15,18,20-22,24,28,30-31,33-36,38-39,41-52H2,1-3H3/b17-14+,19-16+,26-23+,27-25+,32-29+,40-37+/t53-/m1/s1. The first kappa shape index (κ1) is 58.9. The summed E-state index contributed by atoms with van der Waals surface area (Å²) in [5, 5.41) is 0. The molecule has 0 aliphatic heterocycles. The van der Waals surface area contributed by atoms with Crippen LogP contribution in [-0.4, -0.2) is 37.2 Å². The van der Waals surface area contributed by atoms with Crippen LogP contribution < -0.4 is 0 Å². The molecule has 356 valence electrons. The van der Waals surface area contributed by atoms with Gasteiger partial charge in [0, 0.05) is 19.3 Å². The summed E-state index contributed by atoms with van der Waals surface area (Å²) in [6.45, 7) is 6.51. The van der Waals surface area contributed by atoms with Gasteiger partial charge in [0.1, 0.15) is 13.2 Å². The van der Waals surface area contributed by atoms with Crippen LogP contribution in [0.2, 0.25) is 0 Å². The normalized spacial score (nSPS) is 12.6. The second-order valence-electron chi connectivity index (χ2n) is 17.1. The summed E-state index contributed by atoms with van der Waals surface area (Å²) < 4.78 is 16.7. The molecular weight excluding hydrogens is 769 g/mol. The van der Waals surface area contributed by atoms with Crippen molar-refractivity contribution >= 4 is 17.9 Å². The van der Waals surface area contributed by atoms with Crippen molar-refractivity contribution in [2.24, 2.45) is 0 Å². The Hall–Kier alpha value is -3.15. The van der Waals surface area contributed by atoms with E-state index in [1.54, 1.807) is 0 Å². The topological polar surface area (TPSA) is 78.9 Å². The maximum absolute atomic E-state index is 12.8. The molecule has 0 saturated heterocycles.